The van der Waals surface area contributed by atoms with Crippen molar-refractivity contribution in [2.45, 2.75) is 0 Å². The van der Waals surface area contributed by atoms with Crippen LogP contribution >= 0.6 is 0 Å². The van der Waals surface area contributed by atoms with Gasteiger partial charge in [0.05, 0.1) is 0 Å². The number of anilines is 2. The molecule has 1 N–H and O–H groups in total. The lowest BCUT2D eigenvalue weighted by Gasteiger charge is -2.12. The molecule has 0 unspecified atom stereocenters. The highest BCUT2D eigenvalue weighted by atomic mass is 16.5. The van der Waals surface area contributed by atoms with Crippen LogP contribution in [0, 0.1) is 0 Å². The first-order valence-corrected chi connectivity index (χ1v) is 10.1. The maximum atomic E-state index is 12.9. The van der Waals surface area contributed by atoms with Crippen molar-refractivity contribution in [3.8, 4) is 16.9 Å². The zero-order valence-corrected chi connectivity index (χ0v) is 17.9. The maximum Gasteiger partial charge on any atom is 0.259 e. The molecule has 0 saturated carbocycles. The van der Waals surface area contributed by atoms with Crippen LogP contribution in [0.5, 0.6) is 5.75 Å². The molecule has 0 atom stereocenters. The number of benzene rings is 2. The first-order valence-electron chi connectivity index (χ1n) is 10.1. The van der Waals surface area contributed by atoms with E-state index < -0.39 is 0 Å². The Bertz CT molecular complexity index is 1230. The summed E-state index contributed by atoms with van der Waals surface area (Å²) in [7, 11) is 5.75. The van der Waals surface area contributed by atoms with Crippen molar-refractivity contribution >= 4 is 22.7 Å². The molecule has 7 heteroatoms. The summed E-state index contributed by atoms with van der Waals surface area (Å²) >= 11 is 0. The Balaban J connectivity index is 1.56. The molecular weight excluding hydrogens is 390 g/mol. The Hall–Kier alpha value is -3.71. The number of fused-ring (bicyclic) bond motifs is 1. The number of nitrogens with one attached hydrogen (secondary N) is 1. The molecule has 31 heavy (non-hydrogen) atoms. The van der Waals surface area contributed by atoms with E-state index in [0.717, 1.165) is 28.9 Å². The fourth-order valence-electron chi connectivity index (χ4n) is 3.24. The van der Waals surface area contributed by atoms with E-state index in [1.807, 2.05) is 74.8 Å². The van der Waals surface area contributed by atoms with Crippen molar-refractivity contribution in [3.63, 3.8) is 0 Å². The Morgan fingerprint density at radius 2 is 1.81 bits per heavy atom. The molecule has 0 saturated heterocycles. The van der Waals surface area contributed by atoms with Crippen LogP contribution in [0.15, 0.2) is 71.7 Å². The Morgan fingerprint density at radius 1 is 1.06 bits per heavy atom. The van der Waals surface area contributed by atoms with Gasteiger partial charge in [0.1, 0.15) is 18.0 Å². The molecular formula is C24H25N5O2. The van der Waals surface area contributed by atoms with Crippen LogP contribution in [0.4, 0.5) is 11.6 Å². The van der Waals surface area contributed by atoms with Crippen molar-refractivity contribution in [3.05, 3.63) is 77.2 Å². The third kappa shape index (κ3) is 4.73. The minimum atomic E-state index is -0.0948. The fraction of sp³-hybridized carbons (Fsp3) is 0.208. The Labute approximate surface area is 181 Å². The predicted octanol–water partition coefficient (Wildman–Crippen LogP) is 3.68. The third-order valence-electron chi connectivity index (χ3n) is 4.95. The van der Waals surface area contributed by atoms with E-state index >= 15 is 0 Å². The quantitative estimate of drug-likeness (QED) is 0.496. The average molecular weight is 415 g/mol. The molecule has 0 amide bonds. The molecule has 0 aliphatic carbocycles. The molecule has 4 aromatic rings. The number of likely N-dealkylation sites (N-methyl/N-ethyl adjacent to an activating group) is 1. The van der Waals surface area contributed by atoms with Crippen LogP contribution in [0.3, 0.4) is 0 Å². The van der Waals surface area contributed by atoms with Gasteiger partial charge in [0.2, 0.25) is 5.95 Å². The maximum absolute atomic E-state index is 12.9. The van der Waals surface area contributed by atoms with Gasteiger partial charge in [-0.15, -0.1) is 0 Å². The summed E-state index contributed by atoms with van der Waals surface area (Å²) in [4.78, 5) is 23.9. The van der Waals surface area contributed by atoms with E-state index in [1.54, 1.807) is 17.8 Å². The lowest BCUT2D eigenvalue weighted by Crippen LogP contribution is -2.20. The molecule has 0 radical (unpaired) electrons. The molecule has 0 aliphatic heterocycles. The van der Waals surface area contributed by atoms with Gasteiger partial charge in [-0.1, -0.05) is 30.3 Å². The van der Waals surface area contributed by atoms with Gasteiger partial charge in [-0.2, -0.15) is 4.98 Å². The van der Waals surface area contributed by atoms with Crippen molar-refractivity contribution in [1.82, 2.24) is 19.4 Å². The molecule has 0 fully saturated rings. The number of ether oxygens (including phenoxy) is 1. The van der Waals surface area contributed by atoms with E-state index in [1.165, 1.54) is 0 Å². The van der Waals surface area contributed by atoms with Crippen LogP contribution in [0.25, 0.3) is 22.2 Å². The standard InChI is InChI=1S/C24H25N5O2/c1-28(2)13-14-31-20-11-9-19(10-12-20)26-24-25-16-18-15-21(17-7-5-4-6-8-17)23(30)29(3)22(18)27-24/h4-12,15-16H,13-14H2,1-3H3,(H,25,26,27). The van der Waals surface area contributed by atoms with Crippen LogP contribution in [0.1, 0.15) is 0 Å². The topological polar surface area (TPSA) is 72.3 Å². The number of aryl methyl sites for hydroxylation is 1. The molecule has 158 valence electrons. The van der Waals surface area contributed by atoms with Gasteiger partial charge in [-0.3, -0.25) is 9.36 Å². The van der Waals surface area contributed by atoms with Crippen LogP contribution in [-0.4, -0.2) is 46.7 Å². The van der Waals surface area contributed by atoms with Crippen molar-refractivity contribution < 1.29 is 4.74 Å². The van der Waals surface area contributed by atoms with Crippen molar-refractivity contribution in [1.29, 1.82) is 0 Å². The normalized spacial score (nSPS) is 11.1. The van der Waals surface area contributed by atoms with Crippen LogP contribution < -0.4 is 15.6 Å². The summed E-state index contributed by atoms with van der Waals surface area (Å²) < 4.78 is 7.28. The summed E-state index contributed by atoms with van der Waals surface area (Å²) in [6.07, 6.45) is 1.73. The molecule has 2 aromatic carbocycles. The summed E-state index contributed by atoms with van der Waals surface area (Å²) in [5, 5.41) is 3.99. The Morgan fingerprint density at radius 3 is 2.52 bits per heavy atom. The third-order valence-corrected chi connectivity index (χ3v) is 4.95. The van der Waals surface area contributed by atoms with Gasteiger partial charge in [-0.25, -0.2) is 4.98 Å². The largest absolute Gasteiger partial charge is 0.492 e. The number of pyridine rings is 1. The zero-order valence-electron chi connectivity index (χ0n) is 17.9. The summed E-state index contributed by atoms with van der Waals surface area (Å²) in [6, 6.07) is 19.1. The lowest BCUT2D eigenvalue weighted by molar-refractivity contribution is 0.261. The molecule has 0 bridgehead atoms. The zero-order chi connectivity index (χ0) is 21.8. The second-order valence-corrected chi connectivity index (χ2v) is 7.56. The molecule has 0 spiro atoms. The molecule has 2 heterocycles. The number of aromatic nitrogens is 3. The second kappa shape index (κ2) is 8.97. The summed E-state index contributed by atoms with van der Waals surface area (Å²) in [6.45, 7) is 1.49. The van der Waals surface area contributed by atoms with Crippen molar-refractivity contribution in [2.75, 3.05) is 32.6 Å². The molecule has 4 rings (SSSR count). The van der Waals surface area contributed by atoms with Gasteiger partial charge in [0.15, 0.2) is 0 Å². The average Bonchev–Trinajstić information content (AvgIpc) is 2.78. The molecule has 2 aromatic heterocycles. The van der Waals surface area contributed by atoms with E-state index in [0.29, 0.717) is 23.8 Å². The van der Waals surface area contributed by atoms with Gasteiger partial charge in [0, 0.05) is 36.4 Å². The monoisotopic (exact) mass is 415 g/mol. The van der Waals surface area contributed by atoms with Gasteiger partial charge < -0.3 is 15.0 Å². The summed E-state index contributed by atoms with van der Waals surface area (Å²) in [5.74, 6) is 1.24. The highest BCUT2D eigenvalue weighted by Crippen LogP contribution is 2.22. The second-order valence-electron chi connectivity index (χ2n) is 7.56. The number of hydrogen-bond donors (Lipinski definition) is 1. The highest BCUT2D eigenvalue weighted by Gasteiger charge is 2.11. The molecule has 7 nitrogen and oxygen atoms in total. The van der Waals surface area contributed by atoms with Gasteiger partial charge >= 0.3 is 0 Å². The SMILES string of the molecule is CN(C)CCOc1ccc(Nc2ncc3cc(-c4ccccc4)c(=O)n(C)c3n2)cc1. The highest BCUT2D eigenvalue weighted by molar-refractivity contribution is 5.81. The minimum absolute atomic E-state index is 0.0948. The molecule has 0 aliphatic rings. The predicted molar refractivity (Wildman–Crippen MR) is 124 cm³/mol. The Kier molecular flexibility index (Phi) is 5.95. The van der Waals surface area contributed by atoms with E-state index in [4.69, 9.17) is 4.74 Å². The van der Waals surface area contributed by atoms with E-state index in [9.17, 15) is 4.79 Å². The minimum Gasteiger partial charge on any atom is -0.492 e. The van der Waals surface area contributed by atoms with Crippen LogP contribution in [-0.2, 0) is 7.05 Å². The van der Waals surface area contributed by atoms with E-state index in [-0.39, 0.29) is 5.56 Å². The van der Waals surface area contributed by atoms with Gasteiger partial charge in [-0.05, 0) is 50.0 Å². The first kappa shape index (κ1) is 20.6. The smallest absolute Gasteiger partial charge is 0.259 e. The fourth-order valence-corrected chi connectivity index (χ4v) is 3.24. The number of nitrogens with zero attached hydrogens (tertiary/aromatic N) is 4. The number of rotatable bonds is 7. The summed E-state index contributed by atoms with van der Waals surface area (Å²) in [5.41, 5.74) is 2.82. The van der Waals surface area contributed by atoms with Gasteiger partial charge in [0.25, 0.3) is 5.56 Å². The lowest BCUT2D eigenvalue weighted by atomic mass is 10.1. The number of hydrogen-bond acceptors (Lipinski definition) is 6. The van der Waals surface area contributed by atoms with Crippen LogP contribution in [0.2, 0.25) is 0 Å². The van der Waals surface area contributed by atoms with E-state index in [2.05, 4.69) is 20.2 Å². The first-order chi connectivity index (χ1) is 15.0. The van der Waals surface area contributed by atoms with Crippen molar-refractivity contribution in [2.24, 2.45) is 7.05 Å².